The Labute approximate surface area is 216 Å². The van der Waals surface area contributed by atoms with Crippen molar-refractivity contribution in [2.45, 2.75) is 6.92 Å². The van der Waals surface area contributed by atoms with Crippen LogP contribution in [0.15, 0.2) is 55.6 Å². The van der Waals surface area contributed by atoms with Crippen LogP contribution in [0.4, 0.5) is 22.7 Å². The van der Waals surface area contributed by atoms with E-state index in [1.807, 2.05) is 24.3 Å². The van der Waals surface area contributed by atoms with Gasteiger partial charge >= 0.3 is 0 Å². The predicted octanol–water partition coefficient (Wildman–Crippen LogP) is 5.16. The van der Waals surface area contributed by atoms with Crippen LogP contribution in [0.1, 0.15) is 6.92 Å². The van der Waals surface area contributed by atoms with E-state index in [-0.39, 0.29) is 5.69 Å². The van der Waals surface area contributed by atoms with Crippen LogP contribution in [0.25, 0.3) is 0 Å². The molecule has 0 saturated carbocycles. The number of nitro benzene ring substituents is 1. The van der Waals surface area contributed by atoms with E-state index in [2.05, 4.69) is 79.2 Å². The summed E-state index contributed by atoms with van der Waals surface area (Å²) >= 11 is 6.63. The van der Waals surface area contributed by atoms with Crippen LogP contribution in [0, 0.1) is 10.1 Å². The summed E-state index contributed by atoms with van der Waals surface area (Å²) in [6.45, 7) is 5.11. The van der Waals surface area contributed by atoms with Gasteiger partial charge in [0.1, 0.15) is 5.69 Å². The van der Waals surface area contributed by atoms with Crippen LogP contribution in [0.5, 0.6) is 0 Å². The van der Waals surface area contributed by atoms with Crippen molar-refractivity contribution in [2.75, 3.05) is 52.8 Å². The number of benzene rings is 2. The van der Waals surface area contributed by atoms with Gasteiger partial charge in [-0.15, -0.1) is 5.11 Å². The van der Waals surface area contributed by atoms with Crippen LogP contribution in [0.3, 0.4) is 0 Å². The average Bonchev–Trinajstić information content (AvgIpc) is 2.73. The van der Waals surface area contributed by atoms with E-state index in [1.165, 1.54) is 12.1 Å². The van der Waals surface area contributed by atoms with Crippen molar-refractivity contribution < 1.29 is 26.6 Å². The molecule has 0 spiro atoms. The second-order valence-electron chi connectivity index (χ2n) is 7.90. The molecule has 0 heterocycles. The van der Waals surface area contributed by atoms with Gasteiger partial charge in [0.15, 0.2) is 0 Å². The average molecular weight is 625 g/mol. The highest BCUT2D eigenvalue weighted by molar-refractivity contribution is 9.11. The Morgan fingerprint density at radius 1 is 1.09 bits per heavy atom. The zero-order valence-electron chi connectivity index (χ0n) is 19.4. The van der Waals surface area contributed by atoms with Crippen LogP contribution < -0.4 is 4.90 Å². The summed E-state index contributed by atoms with van der Waals surface area (Å²) in [7, 11) is 2.95. The summed E-state index contributed by atoms with van der Waals surface area (Å²) in [6, 6.07) is 10.7. The lowest BCUT2D eigenvalue weighted by Gasteiger charge is -2.29. The Morgan fingerprint density at radius 3 is 1.97 bits per heavy atom. The number of azo groups is 1. The molecule has 0 aliphatic rings. The first kappa shape index (κ1) is 30.1. The van der Waals surface area contributed by atoms with Crippen molar-refractivity contribution >= 4 is 65.0 Å². The Balaban J connectivity index is 0.000000852. The minimum atomic E-state index is -4.41. The standard InChI is InChI=1S/C19H24Br2N5O2.CH4O4S/c1-5-24(10-11-26(2,3)4)15-8-6-14(7-9-15)22-23-19-17(20)12-16(25(27)28)13-18(19)21;1-5-6(2,3)4/h6-9,12-13H,5,10-11H2,1-4H3;1H3,(H,2,3,4)/q+1;/p-1. The van der Waals surface area contributed by atoms with Crippen LogP contribution in [0.2, 0.25) is 0 Å². The molecule has 0 atom stereocenters. The molecular formula is C20H27Br2N5O6S. The SMILES string of the molecule is CCN(CC[N+](C)(C)C)c1ccc(N=Nc2c(Br)cc([N+](=O)[O-])cc2Br)cc1.COS(=O)(=O)[O-]. The van der Waals surface area contributed by atoms with E-state index in [1.54, 1.807) is 0 Å². The monoisotopic (exact) mass is 623 g/mol. The summed E-state index contributed by atoms with van der Waals surface area (Å²) in [5, 5.41) is 19.4. The number of nitro groups is 1. The molecule has 0 aromatic heterocycles. The Kier molecular flexibility index (Phi) is 11.7. The zero-order valence-corrected chi connectivity index (χ0v) is 23.4. The Morgan fingerprint density at radius 2 is 1.59 bits per heavy atom. The topological polar surface area (TPSA) is 138 Å². The maximum Gasteiger partial charge on any atom is 0.271 e. The Hall–Kier alpha value is -1.97. The number of nitrogens with zero attached hydrogens (tertiary/aromatic N) is 5. The first-order chi connectivity index (χ1) is 15.7. The largest absolute Gasteiger partial charge is 0.726 e. The molecule has 0 unspecified atom stereocenters. The van der Waals surface area contributed by atoms with E-state index in [9.17, 15) is 23.1 Å². The highest BCUT2D eigenvalue weighted by Gasteiger charge is 2.14. The van der Waals surface area contributed by atoms with Gasteiger partial charge in [0.2, 0.25) is 10.4 Å². The first-order valence-electron chi connectivity index (χ1n) is 9.89. The summed E-state index contributed by atoms with van der Waals surface area (Å²) in [6.07, 6.45) is 0. The van der Waals surface area contributed by atoms with Crippen LogP contribution >= 0.6 is 31.9 Å². The van der Waals surface area contributed by atoms with Crippen molar-refractivity contribution in [3.05, 3.63) is 55.5 Å². The molecule has 0 aliphatic heterocycles. The molecule has 2 aromatic rings. The fourth-order valence-electron chi connectivity index (χ4n) is 2.48. The number of hydrogen-bond donors (Lipinski definition) is 0. The van der Waals surface area contributed by atoms with E-state index >= 15 is 0 Å². The van der Waals surface area contributed by atoms with Gasteiger partial charge in [0.25, 0.3) is 5.69 Å². The maximum absolute atomic E-state index is 10.9. The fourth-order valence-corrected chi connectivity index (χ4v) is 3.80. The van der Waals surface area contributed by atoms with Crippen LogP contribution in [-0.4, -0.2) is 70.3 Å². The number of quaternary nitrogens is 1. The molecule has 0 bridgehead atoms. The highest BCUT2D eigenvalue weighted by Crippen LogP contribution is 2.38. The molecule has 0 aliphatic carbocycles. The fraction of sp³-hybridized carbons (Fsp3) is 0.400. The summed E-state index contributed by atoms with van der Waals surface area (Å²) in [5.74, 6) is 0. The van der Waals surface area contributed by atoms with Crippen molar-refractivity contribution in [3.63, 3.8) is 0 Å². The minimum Gasteiger partial charge on any atom is -0.726 e. The van der Waals surface area contributed by atoms with Crippen molar-refractivity contribution in [2.24, 2.45) is 10.2 Å². The molecule has 34 heavy (non-hydrogen) atoms. The van der Waals surface area contributed by atoms with Gasteiger partial charge in [0, 0.05) is 24.4 Å². The molecule has 0 fully saturated rings. The van der Waals surface area contributed by atoms with Crippen molar-refractivity contribution in [1.29, 1.82) is 0 Å². The van der Waals surface area contributed by atoms with E-state index in [0.29, 0.717) is 20.3 Å². The van der Waals surface area contributed by atoms with Gasteiger partial charge < -0.3 is 13.9 Å². The molecule has 2 rings (SSSR count). The van der Waals surface area contributed by atoms with Gasteiger partial charge in [-0.1, -0.05) is 0 Å². The normalized spacial score (nSPS) is 11.8. The smallest absolute Gasteiger partial charge is 0.271 e. The molecular weight excluding hydrogens is 598 g/mol. The summed E-state index contributed by atoms with van der Waals surface area (Å²) in [5.41, 5.74) is 2.35. The number of non-ortho nitro benzene ring substituents is 1. The van der Waals surface area contributed by atoms with E-state index < -0.39 is 15.3 Å². The number of anilines is 1. The van der Waals surface area contributed by atoms with Gasteiger partial charge in [-0.2, -0.15) is 5.11 Å². The zero-order chi connectivity index (χ0) is 26.1. The molecule has 0 radical (unpaired) electrons. The number of likely N-dealkylation sites (N-methyl/N-ethyl adjacent to an activating group) is 2. The predicted molar refractivity (Wildman–Crippen MR) is 137 cm³/mol. The molecule has 11 nitrogen and oxygen atoms in total. The second-order valence-corrected chi connectivity index (χ2v) is 10.8. The molecule has 0 amide bonds. The number of hydrogen-bond acceptors (Lipinski definition) is 9. The molecule has 188 valence electrons. The van der Waals surface area contributed by atoms with Crippen molar-refractivity contribution in [3.8, 4) is 0 Å². The number of halogens is 2. The number of rotatable bonds is 9. The molecule has 2 aromatic carbocycles. The van der Waals surface area contributed by atoms with E-state index in [4.69, 9.17) is 0 Å². The van der Waals surface area contributed by atoms with Gasteiger partial charge in [-0.25, -0.2) is 8.42 Å². The third kappa shape index (κ3) is 11.0. The lowest BCUT2D eigenvalue weighted by atomic mass is 10.2. The van der Waals surface area contributed by atoms with Crippen molar-refractivity contribution in [1.82, 2.24) is 0 Å². The summed E-state index contributed by atoms with van der Waals surface area (Å²) < 4.78 is 33.0. The van der Waals surface area contributed by atoms with E-state index in [0.717, 1.165) is 36.9 Å². The minimum absolute atomic E-state index is 0.0180. The lowest BCUT2D eigenvalue weighted by Crippen LogP contribution is -2.42. The lowest BCUT2D eigenvalue weighted by molar-refractivity contribution is -0.868. The first-order valence-corrected chi connectivity index (χ1v) is 12.8. The third-order valence-electron chi connectivity index (χ3n) is 4.32. The van der Waals surface area contributed by atoms with Gasteiger partial charge in [0.05, 0.1) is 60.9 Å². The molecule has 14 heteroatoms. The Bertz CT molecular complexity index is 1080. The maximum atomic E-state index is 10.9. The highest BCUT2D eigenvalue weighted by atomic mass is 79.9. The quantitative estimate of drug-likeness (QED) is 0.0938. The summed E-state index contributed by atoms with van der Waals surface area (Å²) in [4.78, 5) is 12.8. The third-order valence-corrected chi connectivity index (χ3v) is 5.94. The molecule has 0 N–H and O–H groups in total. The molecule has 0 saturated heterocycles. The van der Waals surface area contributed by atoms with Crippen LogP contribution in [-0.2, 0) is 14.6 Å². The van der Waals surface area contributed by atoms with Gasteiger partial charge in [-0.05, 0) is 63.0 Å². The van der Waals surface area contributed by atoms with Gasteiger partial charge in [-0.3, -0.25) is 14.3 Å². The second kappa shape index (κ2) is 13.2.